The number of aromatic nitrogens is 6. The maximum absolute atomic E-state index is 12.4. The van der Waals surface area contributed by atoms with Crippen molar-refractivity contribution in [1.82, 2.24) is 50.3 Å². The van der Waals surface area contributed by atoms with Gasteiger partial charge in [-0.1, -0.05) is 59.6 Å². The number of pyridine rings is 2. The number of fused-ring (bicyclic) bond motifs is 2. The first-order valence-corrected chi connectivity index (χ1v) is 29.7. The summed E-state index contributed by atoms with van der Waals surface area (Å²) in [5.41, 5.74) is 2.81. The summed E-state index contributed by atoms with van der Waals surface area (Å²) in [5.74, 6) is 2.90. The molecule has 85 heavy (non-hydrogen) atoms. The number of benzene rings is 2. The van der Waals surface area contributed by atoms with Crippen LogP contribution in [0.1, 0.15) is 38.5 Å². The van der Waals surface area contributed by atoms with E-state index in [1.54, 1.807) is 24.5 Å². The van der Waals surface area contributed by atoms with Gasteiger partial charge in [0.05, 0.1) is 90.2 Å². The summed E-state index contributed by atoms with van der Waals surface area (Å²) in [6.45, 7) is 12.5. The molecule has 0 saturated carbocycles. The minimum atomic E-state index is -0.332. The van der Waals surface area contributed by atoms with Crippen molar-refractivity contribution in [2.75, 3.05) is 116 Å². The van der Waals surface area contributed by atoms with Crippen molar-refractivity contribution in [3.63, 3.8) is 0 Å². The molecule has 0 bridgehead atoms. The molecule has 6 aromatic rings. The van der Waals surface area contributed by atoms with Crippen LogP contribution in [-0.2, 0) is 19.1 Å². The van der Waals surface area contributed by atoms with Crippen LogP contribution in [0.15, 0.2) is 62.0 Å². The first kappa shape index (κ1) is 61.3. The Hall–Kier alpha value is -6.76. The molecular formula is C59H70Cl4N14O8. The Balaban J connectivity index is 0.939. The van der Waals surface area contributed by atoms with E-state index in [-0.39, 0.29) is 74.8 Å². The molecule has 4 aromatic heterocycles. The van der Waals surface area contributed by atoms with Gasteiger partial charge < -0.3 is 65.2 Å². The van der Waals surface area contributed by atoms with E-state index < -0.39 is 0 Å². The van der Waals surface area contributed by atoms with Crippen LogP contribution in [-0.4, -0.2) is 182 Å². The monoisotopic (exact) mass is 1240 g/mol. The Morgan fingerprint density at radius 1 is 0.635 bits per heavy atom. The normalized spacial score (nSPS) is 21.4. The van der Waals surface area contributed by atoms with Gasteiger partial charge >= 0.3 is 0 Å². The maximum Gasteiger partial charge on any atom is 0.243 e. The van der Waals surface area contributed by atoms with E-state index in [4.69, 9.17) is 105 Å². The minimum Gasteiger partial charge on any atom is -0.495 e. The fourth-order valence-electron chi connectivity index (χ4n) is 11.2. The average molecular weight is 1250 g/mol. The number of amides is 2. The number of nitrogens with one attached hydrogen (secondary N) is 6. The highest BCUT2D eigenvalue weighted by molar-refractivity contribution is 6.42. The second kappa shape index (κ2) is 27.7. The van der Waals surface area contributed by atoms with Gasteiger partial charge in [-0.3, -0.25) is 14.5 Å². The van der Waals surface area contributed by atoms with Gasteiger partial charge in [-0.2, -0.15) is 0 Å². The summed E-state index contributed by atoms with van der Waals surface area (Å²) < 4.78 is 35.5. The SMILES string of the molecule is C=CC(=O)N[C@H]1CCOC[C@H]1Nc1ncc2cc(-c3c(Cl)c(OC)cc(OCC4CC(Nc5nc(-c6c(Cl)c(OC)cc(OC)c6Cl)cc6cnc(N[C@@H]7COCC[C@@H]7NC(=O)C=C)nc56)CCN4C)c3Cl)nc(NCC3CCN(C)CC3)c2n1. The van der Waals surface area contributed by atoms with Crippen LogP contribution in [0.3, 0.4) is 0 Å². The largest absolute Gasteiger partial charge is 0.495 e. The van der Waals surface area contributed by atoms with Gasteiger partial charge in [-0.05, 0) is 95.9 Å². The lowest BCUT2D eigenvalue weighted by Gasteiger charge is -2.37. The number of anilines is 4. The van der Waals surface area contributed by atoms with E-state index in [1.807, 2.05) is 12.1 Å². The number of likely N-dealkylation sites (N-methyl/N-ethyl adjacent to an activating group) is 1. The molecule has 6 N–H and O–H groups in total. The predicted octanol–water partition coefficient (Wildman–Crippen LogP) is 8.79. The number of hydrogen-bond acceptors (Lipinski definition) is 20. The molecule has 26 heteroatoms. The Morgan fingerprint density at radius 2 is 1.13 bits per heavy atom. The molecule has 8 heterocycles. The van der Waals surface area contributed by atoms with Gasteiger partial charge in [0.1, 0.15) is 40.6 Å². The second-order valence-electron chi connectivity index (χ2n) is 21.6. The summed E-state index contributed by atoms with van der Waals surface area (Å²) >= 11 is 28.7. The van der Waals surface area contributed by atoms with Crippen molar-refractivity contribution in [1.29, 1.82) is 0 Å². The van der Waals surface area contributed by atoms with E-state index in [2.05, 4.69) is 69.0 Å². The van der Waals surface area contributed by atoms with Crippen LogP contribution >= 0.6 is 46.4 Å². The lowest BCUT2D eigenvalue weighted by molar-refractivity contribution is -0.118. The molecule has 4 saturated heterocycles. The Labute approximate surface area is 513 Å². The van der Waals surface area contributed by atoms with Crippen molar-refractivity contribution in [3.05, 3.63) is 82.1 Å². The number of piperidine rings is 2. The first-order valence-electron chi connectivity index (χ1n) is 28.2. The molecule has 6 atom stereocenters. The molecule has 10 rings (SSSR count). The molecule has 0 spiro atoms. The van der Waals surface area contributed by atoms with E-state index in [9.17, 15) is 9.59 Å². The lowest BCUT2D eigenvalue weighted by atomic mass is 9.97. The fourth-order valence-corrected chi connectivity index (χ4v) is 12.5. The zero-order chi connectivity index (χ0) is 59.9. The average Bonchev–Trinajstić information content (AvgIpc) is 1.63. The standard InChI is InChI=1S/C59H70Cl4N14O8/c1-8-46(78)68-36-13-18-83-29-40(36)72-58-65-26-32-20-38(70-56(54(32)74-58)64-25-31-10-15-76(3)16-11-31)49-52(62)44(82-7)24-45(53(49)63)85-28-35-22-34(12-17-77(35)4)67-57-55-33(21-39(71-57)48-50(60)42(80-5)23-43(81-6)51(48)61)27-66-59(75-55)73-41-30-84-19-14-37(41)69-47(79)9-2/h8-9,20-21,23-24,26-27,31,34-37,40-41H,1-2,10-19,22,25,28-30H2,3-7H3,(H,64,70)(H,67,71)(H,68,78)(H,69,79)(H,65,72,74)(H,66,73,75)/t34?,35?,36-,37-,40+,41+/m0/s1. The van der Waals surface area contributed by atoms with Crippen molar-refractivity contribution >= 4 is 104 Å². The van der Waals surface area contributed by atoms with Gasteiger partial charge in [-0.15, -0.1) is 0 Å². The lowest BCUT2D eigenvalue weighted by Crippen LogP contribution is -2.52. The van der Waals surface area contributed by atoms with Crippen molar-refractivity contribution in [2.45, 2.75) is 74.8 Å². The Bertz CT molecular complexity index is 3420. The molecule has 2 unspecified atom stereocenters. The highest BCUT2D eigenvalue weighted by Gasteiger charge is 2.33. The van der Waals surface area contributed by atoms with E-state index in [0.717, 1.165) is 32.4 Å². The summed E-state index contributed by atoms with van der Waals surface area (Å²) in [6.07, 6.45) is 10.5. The van der Waals surface area contributed by atoms with Gasteiger partial charge in [0, 0.05) is 84.8 Å². The molecule has 4 aliphatic rings. The predicted molar refractivity (Wildman–Crippen MR) is 332 cm³/mol. The number of rotatable bonds is 21. The number of halogens is 4. The number of nitrogens with zero attached hydrogens (tertiary/aromatic N) is 8. The molecule has 0 radical (unpaired) electrons. The third-order valence-electron chi connectivity index (χ3n) is 16.1. The number of ether oxygens (including phenoxy) is 6. The minimum absolute atomic E-state index is 0.128. The Morgan fingerprint density at radius 3 is 1.65 bits per heavy atom. The van der Waals surface area contributed by atoms with Crippen molar-refractivity contribution in [2.24, 2.45) is 5.92 Å². The molecular weight excluding hydrogens is 1170 g/mol. The van der Waals surface area contributed by atoms with Crippen molar-refractivity contribution in [3.8, 4) is 45.5 Å². The van der Waals surface area contributed by atoms with Gasteiger partial charge in [0.2, 0.25) is 23.7 Å². The quantitative estimate of drug-likeness (QED) is 0.0369. The first-order chi connectivity index (χ1) is 41.1. The number of carbonyl (C=O) groups is 2. The number of methoxy groups -OCH3 is 3. The third kappa shape index (κ3) is 14.1. The van der Waals surface area contributed by atoms with Gasteiger partial charge in [0.15, 0.2) is 11.6 Å². The van der Waals surface area contributed by atoms with Crippen LogP contribution in [0.5, 0.6) is 23.0 Å². The molecule has 2 amide bonds. The molecule has 452 valence electrons. The molecule has 4 fully saturated rings. The van der Waals surface area contributed by atoms with Gasteiger partial charge in [0.25, 0.3) is 0 Å². The van der Waals surface area contributed by atoms with Crippen LogP contribution in [0.25, 0.3) is 44.3 Å². The third-order valence-corrected chi connectivity index (χ3v) is 17.6. The highest BCUT2D eigenvalue weighted by Crippen LogP contribution is 2.48. The zero-order valence-corrected chi connectivity index (χ0v) is 51.1. The van der Waals surface area contributed by atoms with E-state index in [1.165, 1.54) is 33.5 Å². The molecule has 0 aliphatic carbocycles. The molecule has 4 aliphatic heterocycles. The van der Waals surface area contributed by atoms with Gasteiger partial charge in [-0.25, -0.2) is 29.9 Å². The number of hydrogen-bond donors (Lipinski definition) is 6. The summed E-state index contributed by atoms with van der Waals surface area (Å²) in [4.78, 5) is 59.2. The maximum atomic E-state index is 12.4. The zero-order valence-electron chi connectivity index (χ0n) is 48.0. The highest BCUT2D eigenvalue weighted by atomic mass is 35.5. The molecule has 22 nitrogen and oxygen atoms in total. The Kier molecular flexibility index (Phi) is 20.0. The fraction of sp³-hybridized carbons (Fsp3) is 0.458. The topological polar surface area (TPSA) is 246 Å². The van der Waals surface area contributed by atoms with Crippen LogP contribution in [0, 0.1) is 5.92 Å². The van der Waals surface area contributed by atoms with Crippen molar-refractivity contribution < 1.29 is 38.0 Å². The van der Waals surface area contributed by atoms with Crippen LogP contribution < -0.4 is 50.8 Å². The smallest absolute Gasteiger partial charge is 0.243 e. The number of carbonyl (C=O) groups excluding carboxylic acids is 2. The summed E-state index contributed by atoms with van der Waals surface area (Å²) in [5, 5.41) is 22.5. The summed E-state index contributed by atoms with van der Waals surface area (Å²) in [6, 6.07) is 5.61. The summed E-state index contributed by atoms with van der Waals surface area (Å²) in [7, 11) is 8.77. The van der Waals surface area contributed by atoms with E-state index >= 15 is 0 Å². The molecule has 2 aromatic carbocycles. The van der Waals surface area contributed by atoms with Crippen LogP contribution in [0.2, 0.25) is 20.1 Å². The number of likely N-dealkylation sites (tertiary alicyclic amines) is 2. The van der Waals surface area contributed by atoms with E-state index in [0.29, 0.717) is 156 Å². The van der Waals surface area contributed by atoms with Crippen LogP contribution in [0.4, 0.5) is 23.5 Å². The second-order valence-corrected chi connectivity index (χ2v) is 23.2.